The first-order valence-corrected chi connectivity index (χ1v) is 11.0. The fourth-order valence-electron chi connectivity index (χ4n) is 3.77. The number of rotatable bonds is 11. The maximum atomic E-state index is 10.9. The normalized spacial score (nSPS) is 12.4. The highest BCUT2D eigenvalue weighted by Gasteiger charge is 2.20. The van der Waals surface area contributed by atoms with Crippen LogP contribution in [0.5, 0.6) is 5.75 Å². The van der Waals surface area contributed by atoms with Gasteiger partial charge in [-0.15, -0.1) is 0 Å². The molecule has 3 nitrogen and oxygen atoms in total. The summed E-state index contributed by atoms with van der Waals surface area (Å²) in [7, 11) is 0. The fourth-order valence-corrected chi connectivity index (χ4v) is 3.77. The van der Waals surface area contributed by atoms with E-state index < -0.39 is 6.10 Å². The molecule has 1 unspecified atom stereocenters. The van der Waals surface area contributed by atoms with Crippen LogP contribution in [-0.4, -0.2) is 10.1 Å². The van der Waals surface area contributed by atoms with Crippen LogP contribution in [0.25, 0.3) is 10.9 Å². The maximum Gasteiger partial charge on any atom is 0.130 e. The third-order valence-electron chi connectivity index (χ3n) is 5.57. The Morgan fingerprint density at radius 2 is 1.55 bits per heavy atom. The Hall–Kier alpha value is -2.39. The first-order valence-electron chi connectivity index (χ1n) is 11.0. The summed E-state index contributed by atoms with van der Waals surface area (Å²) in [6.45, 7) is 4.85. The molecule has 0 aliphatic rings. The van der Waals surface area contributed by atoms with Gasteiger partial charge in [0.1, 0.15) is 12.4 Å². The predicted octanol–water partition coefficient (Wildman–Crippen LogP) is 6.84. The van der Waals surface area contributed by atoms with Crippen LogP contribution >= 0.6 is 0 Å². The molecule has 0 saturated carbocycles. The van der Waals surface area contributed by atoms with Crippen molar-refractivity contribution in [1.82, 2.24) is 4.98 Å². The average Bonchev–Trinajstić information content (AvgIpc) is 2.77. The Bertz CT molecular complexity index is 867. The van der Waals surface area contributed by atoms with Crippen LogP contribution in [0, 0.1) is 5.92 Å². The smallest absolute Gasteiger partial charge is 0.130 e. The molecule has 2 aromatic carbocycles. The van der Waals surface area contributed by atoms with Crippen molar-refractivity contribution in [3.63, 3.8) is 0 Å². The molecular weight excluding hydrogens is 358 g/mol. The number of hydrogen-bond acceptors (Lipinski definition) is 3. The molecule has 1 heterocycles. The van der Waals surface area contributed by atoms with Crippen LogP contribution in [0.3, 0.4) is 0 Å². The summed E-state index contributed by atoms with van der Waals surface area (Å²) in [5, 5.41) is 12.0. The number of benzene rings is 2. The Labute approximate surface area is 174 Å². The number of aliphatic hydroxyl groups excluding tert-OH is 1. The SMILES string of the molecule is CCCCC(CCCC)C(O)c1ccc(OCc2ccc3ccccc3n2)cc1. The molecule has 0 fully saturated rings. The molecular formula is C26H33NO2. The van der Waals surface area contributed by atoms with Gasteiger partial charge in [0.15, 0.2) is 0 Å². The zero-order valence-electron chi connectivity index (χ0n) is 17.7. The molecule has 154 valence electrons. The lowest BCUT2D eigenvalue weighted by atomic mass is 9.87. The summed E-state index contributed by atoms with van der Waals surface area (Å²) < 4.78 is 5.92. The standard InChI is InChI=1S/C26H33NO2/c1-3-5-9-21(10-6-4-2)26(28)22-14-17-24(18-15-22)29-19-23-16-13-20-11-7-8-12-25(20)27-23/h7-8,11-18,21,26,28H,3-6,9-10,19H2,1-2H3. The van der Waals surface area contributed by atoms with Crippen molar-refractivity contribution in [2.24, 2.45) is 5.92 Å². The van der Waals surface area contributed by atoms with Crippen LogP contribution < -0.4 is 4.74 Å². The van der Waals surface area contributed by atoms with Crippen molar-refractivity contribution in [2.75, 3.05) is 0 Å². The fraction of sp³-hybridized carbons (Fsp3) is 0.423. The number of unbranched alkanes of at least 4 members (excludes halogenated alkanes) is 2. The average molecular weight is 392 g/mol. The molecule has 1 atom stereocenters. The van der Waals surface area contributed by atoms with E-state index in [0.717, 1.165) is 40.8 Å². The molecule has 0 aliphatic heterocycles. The Morgan fingerprint density at radius 3 is 2.24 bits per heavy atom. The highest BCUT2D eigenvalue weighted by molar-refractivity contribution is 5.78. The maximum absolute atomic E-state index is 10.9. The van der Waals surface area contributed by atoms with Crippen LogP contribution in [0.4, 0.5) is 0 Å². The molecule has 0 radical (unpaired) electrons. The van der Waals surface area contributed by atoms with E-state index >= 15 is 0 Å². The lowest BCUT2D eigenvalue weighted by Gasteiger charge is -2.23. The zero-order chi connectivity index (χ0) is 20.5. The van der Waals surface area contributed by atoms with Gasteiger partial charge < -0.3 is 9.84 Å². The van der Waals surface area contributed by atoms with E-state index in [4.69, 9.17) is 4.74 Å². The van der Waals surface area contributed by atoms with Gasteiger partial charge in [-0.25, -0.2) is 4.98 Å². The molecule has 0 spiro atoms. The number of fused-ring (bicyclic) bond motifs is 1. The lowest BCUT2D eigenvalue weighted by molar-refractivity contribution is 0.0945. The van der Waals surface area contributed by atoms with Gasteiger partial charge in [-0.05, 0) is 48.6 Å². The number of pyridine rings is 1. The molecule has 3 aromatic rings. The van der Waals surface area contributed by atoms with Crippen molar-refractivity contribution in [3.8, 4) is 5.75 Å². The molecule has 0 amide bonds. The van der Waals surface area contributed by atoms with Crippen LogP contribution in [0.1, 0.15) is 69.7 Å². The summed E-state index contributed by atoms with van der Waals surface area (Å²) >= 11 is 0. The molecule has 0 bridgehead atoms. The van der Waals surface area contributed by atoms with Crippen LogP contribution in [-0.2, 0) is 6.61 Å². The monoisotopic (exact) mass is 391 g/mol. The van der Waals surface area contributed by atoms with Gasteiger partial charge in [0, 0.05) is 5.39 Å². The van der Waals surface area contributed by atoms with Crippen molar-refractivity contribution >= 4 is 10.9 Å². The van der Waals surface area contributed by atoms with E-state index in [9.17, 15) is 5.11 Å². The summed E-state index contributed by atoms with van der Waals surface area (Å²) in [4.78, 5) is 4.65. The summed E-state index contributed by atoms with van der Waals surface area (Å²) in [5.74, 6) is 1.14. The first-order chi connectivity index (χ1) is 14.2. The number of ether oxygens (including phenoxy) is 1. The Morgan fingerprint density at radius 1 is 0.862 bits per heavy atom. The molecule has 3 heteroatoms. The van der Waals surface area contributed by atoms with E-state index in [2.05, 4.69) is 31.0 Å². The molecule has 1 N–H and O–H groups in total. The van der Waals surface area contributed by atoms with E-state index in [0.29, 0.717) is 12.5 Å². The van der Waals surface area contributed by atoms with Crippen molar-refractivity contribution in [2.45, 2.75) is 65.1 Å². The largest absolute Gasteiger partial charge is 0.487 e. The zero-order valence-corrected chi connectivity index (χ0v) is 17.7. The Balaban J connectivity index is 1.60. The minimum absolute atomic E-state index is 0.337. The lowest BCUT2D eigenvalue weighted by Crippen LogP contribution is -2.13. The highest BCUT2D eigenvalue weighted by atomic mass is 16.5. The number of hydrogen-bond donors (Lipinski definition) is 1. The minimum Gasteiger partial charge on any atom is -0.487 e. The van der Waals surface area contributed by atoms with Crippen molar-refractivity contribution in [1.29, 1.82) is 0 Å². The van der Waals surface area contributed by atoms with E-state index in [1.54, 1.807) is 0 Å². The topological polar surface area (TPSA) is 42.4 Å². The second-order valence-corrected chi connectivity index (χ2v) is 7.84. The Kier molecular flexibility index (Phi) is 8.06. The minimum atomic E-state index is -0.399. The molecule has 0 saturated heterocycles. The number of nitrogens with zero attached hydrogens (tertiary/aromatic N) is 1. The summed E-state index contributed by atoms with van der Waals surface area (Å²) in [6.07, 6.45) is 6.46. The van der Waals surface area contributed by atoms with Gasteiger partial charge in [-0.3, -0.25) is 0 Å². The highest BCUT2D eigenvalue weighted by Crippen LogP contribution is 2.31. The number of aromatic nitrogens is 1. The number of aliphatic hydroxyl groups is 1. The first kappa shape index (κ1) is 21.3. The van der Waals surface area contributed by atoms with Gasteiger partial charge in [-0.2, -0.15) is 0 Å². The van der Waals surface area contributed by atoms with Gasteiger partial charge in [0.05, 0.1) is 17.3 Å². The summed E-state index contributed by atoms with van der Waals surface area (Å²) in [6, 6.07) is 20.1. The third-order valence-corrected chi connectivity index (χ3v) is 5.57. The molecule has 0 aliphatic carbocycles. The van der Waals surface area contributed by atoms with E-state index in [-0.39, 0.29) is 0 Å². The van der Waals surface area contributed by atoms with E-state index in [1.165, 1.54) is 25.7 Å². The van der Waals surface area contributed by atoms with Crippen LogP contribution in [0.2, 0.25) is 0 Å². The quantitative estimate of drug-likeness (QED) is 0.389. The number of para-hydroxylation sites is 1. The summed E-state index contributed by atoms with van der Waals surface area (Å²) in [5.41, 5.74) is 2.88. The van der Waals surface area contributed by atoms with E-state index in [1.807, 2.05) is 48.5 Å². The molecule has 29 heavy (non-hydrogen) atoms. The van der Waals surface area contributed by atoms with Crippen LogP contribution in [0.15, 0.2) is 60.7 Å². The van der Waals surface area contributed by atoms with Gasteiger partial charge in [0.25, 0.3) is 0 Å². The van der Waals surface area contributed by atoms with Gasteiger partial charge in [0.2, 0.25) is 0 Å². The predicted molar refractivity (Wildman–Crippen MR) is 120 cm³/mol. The molecule has 1 aromatic heterocycles. The second-order valence-electron chi connectivity index (χ2n) is 7.84. The van der Waals surface area contributed by atoms with Crippen molar-refractivity contribution in [3.05, 3.63) is 71.9 Å². The third kappa shape index (κ3) is 6.04. The van der Waals surface area contributed by atoms with Gasteiger partial charge in [-0.1, -0.05) is 75.9 Å². The van der Waals surface area contributed by atoms with Gasteiger partial charge >= 0.3 is 0 Å². The molecule has 3 rings (SSSR count). The second kappa shape index (κ2) is 11.0. The van der Waals surface area contributed by atoms with Crippen molar-refractivity contribution < 1.29 is 9.84 Å².